The van der Waals surface area contributed by atoms with Crippen LogP contribution in [0.4, 0.5) is 0 Å². The molecule has 0 aliphatic carbocycles. The molecule has 0 fully saturated rings. The normalized spacial score (nSPS) is 11.8. The van der Waals surface area contributed by atoms with Crippen molar-refractivity contribution in [3.63, 3.8) is 0 Å². The van der Waals surface area contributed by atoms with E-state index in [1.807, 2.05) is 30.3 Å². The maximum atomic E-state index is 5.91. The molecule has 0 atom stereocenters. The fourth-order valence-corrected chi connectivity index (χ4v) is 2.90. The van der Waals surface area contributed by atoms with E-state index in [9.17, 15) is 0 Å². The van der Waals surface area contributed by atoms with Crippen molar-refractivity contribution in [2.45, 2.75) is 33.7 Å². The van der Waals surface area contributed by atoms with Crippen LogP contribution >= 0.6 is 11.6 Å². The van der Waals surface area contributed by atoms with Gasteiger partial charge in [-0.1, -0.05) is 44.5 Å². The van der Waals surface area contributed by atoms with Gasteiger partial charge in [-0.05, 0) is 41.8 Å². The Kier molecular flexibility index (Phi) is 4.81. The molecule has 0 aliphatic rings. The minimum Gasteiger partial charge on any atom is -0.492 e. The van der Waals surface area contributed by atoms with Gasteiger partial charge in [0.2, 0.25) is 0 Å². The van der Waals surface area contributed by atoms with Crippen molar-refractivity contribution < 1.29 is 4.74 Å². The summed E-state index contributed by atoms with van der Waals surface area (Å²) >= 11 is 5.91. The van der Waals surface area contributed by atoms with Gasteiger partial charge in [0.05, 0.1) is 17.6 Å². The monoisotopic (exact) mass is 342 g/mol. The Morgan fingerprint density at radius 1 is 1.04 bits per heavy atom. The predicted molar refractivity (Wildman–Crippen MR) is 99.8 cm³/mol. The Morgan fingerprint density at radius 2 is 1.75 bits per heavy atom. The molecule has 2 aromatic carbocycles. The molecule has 4 heteroatoms. The highest BCUT2D eigenvalue weighted by molar-refractivity contribution is 6.30. The highest BCUT2D eigenvalue weighted by atomic mass is 35.5. The number of hydrogen-bond donors (Lipinski definition) is 0. The Labute approximate surface area is 148 Å². The second kappa shape index (κ2) is 6.86. The lowest BCUT2D eigenvalue weighted by Crippen LogP contribution is -2.17. The molecule has 3 rings (SSSR count). The van der Waals surface area contributed by atoms with Crippen LogP contribution in [0.1, 0.15) is 26.6 Å². The van der Waals surface area contributed by atoms with Crippen LogP contribution in [0.2, 0.25) is 5.02 Å². The second-order valence-corrected chi connectivity index (χ2v) is 7.64. The quantitative estimate of drug-likeness (QED) is 0.624. The number of para-hydroxylation sites is 2. The molecule has 0 amide bonds. The van der Waals surface area contributed by atoms with Crippen LogP contribution in [-0.2, 0) is 13.0 Å². The van der Waals surface area contributed by atoms with Crippen molar-refractivity contribution >= 4 is 22.6 Å². The molecule has 0 N–H and O–H groups in total. The zero-order valence-corrected chi connectivity index (χ0v) is 15.2. The van der Waals surface area contributed by atoms with Gasteiger partial charge in [0.1, 0.15) is 18.2 Å². The smallest absolute Gasteiger partial charge is 0.119 e. The van der Waals surface area contributed by atoms with Crippen molar-refractivity contribution in [1.29, 1.82) is 0 Å². The fourth-order valence-electron chi connectivity index (χ4n) is 2.77. The van der Waals surface area contributed by atoms with Crippen molar-refractivity contribution in [3.8, 4) is 5.75 Å². The first-order valence-corrected chi connectivity index (χ1v) is 8.63. The Morgan fingerprint density at radius 3 is 2.46 bits per heavy atom. The lowest BCUT2D eigenvalue weighted by atomic mass is 9.92. The van der Waals surface area contributed by atoms with Crippen LogP contribution in [0.3, 0.4) is 0 Å². The van der Waals surface area contributed by atoms with Gasteiger partial charge in [-0.25, -0.2) is 4.98 Å². The number of hydrogen-bond acceptors (Lipinski definition) is 2. The zero-order valence-electron chi connectivity index (χ0n) is 14.4. The Balaban J connectivity index is 1.79. The molecule has 0 spiro atoms. The first kappa shape index (κ1) is 16.8. The summed E-state index contributed by atoms with van der Waals surface area (Å²) < 4.78 is 8.14. The van der Waals surface area contributed by atoms with E-state index >= 15 is 0 Å². The third-order valence-corrected chi connectivity index (χ3v) is 4.07. The summed E-state index contributed by atoms with van der Waals surface area (Å²) in [5, 5.41) is 0.718. The van der Waals surface area contributed by atoms with Gasteiger partial charge in [-0.15, -0.1) is 0 Å². The lowest BCUT2D eigenvalue weighted by Gasteiger charge is -2.19. The van der Waals surface area contributed by atoms with Crippen LogP contribution in [0.25, 0.3) is 11.0 Å². The van der Waals surface area contributed by atoms with Crippen molar-refractivity contribution in [1.82, 2.24) is 9.55 Å². The first-order valence-electron chi connectivity index (χ1n) is 8.25. The van der Waals surface area contributed by atoms with Gasteiger partial charge in [0.15, 0.2) is 0 Å². The molecule has 1 aromatic heterocycles. The Hall–Kier alpha value is -2.00. The van der Waals surface area contributed by atoms with Crippen LogP contribution in [0.5, 0.6) is 5.75 Å². The molecular formula is C20H23ClN2O. The second-order valence-electron chi connectivity index (χ2n) is 7.21. The van der Waals surface area contributed by atoms with Gasteiger partial charge < -0.3 is 9.30 Å². The van der Waals surface area contributed by atoms with E-state index in [4.69, 9.17) is 21.3 Å². The number of ether oxygens (including phenoxy) is 1. The SMILES string of the molecule is CC(C)(C)Cc1nc2ccccc2n1CCOc1ccc(Cl)cc1. The summed E-state index contributed by atoms with van der Waals surface area (Å²) in [6.07, 6.45) is 0.933. The van der Waals surface area contributed by atoms with Crippen molar-refractivity contribution in [2.24, 2.45) is 5.41 Å². The van der Waals surface area contributed by atoms with Gasteiger partial charge >= 0.3 is 0 Å². The lowest BCUT2D eigenvalue weighted by molar-refractivity contribution is 0.294. The minimum absolute atomic E-state index is 0.191. The third kappa shape index (κ3) is 4.09. The van der Waals surface area contributed by atoms with E-state index in [2.05, 4.69) is 43.5 Å². The average molecular weight is 343 g/mol. The maximum absolute atomic E-state index is 5.91. The van der Waals surface area contributed by atoms with E-state index in [1.165, 1.54) is 0 Å². The summed E-state index contributed by atoms with van der Waals surface area (Å²) in [7, 11) is 0. The number of nitrogens with zero attached hydrogens (tertiary/aromatic N) is 2. The van der Waals surface area contributed by atoms with Gasteiger partial charge in [-0.2, -0.15) is 0 Å². The molecule has 0 saturated carbocycles. The molecule has 0 saturated heterocycles. The van der Waals surface area contributed by atoms with Crippen molar-refractivity contribution in [2.75, 3.05) is 6.61 Å². The summed E-state index contributed by atoms with van der Waals surface area (Å²) in [5.41, 5.74) is 2.40. The molecule has 0 aliphatic heterocycles. The number of aromatic nitrogens is 2. The molecule has 0 bridgehead atoms. The van der Waals surface area contributed by atoms with Crippen LogP contribution in [-0.4, -0.2) is 16.2 Å². The van der Waals surface area contributed by atoms with E-state index in [1.54, 1.807) is 0 Å². The van der Waals surface area contributed by atoms with Crippen LogP contribution in [0, 0.1) is 5.41 Å². The maximum Gasteiger partial charge on any atom is 0.119 e. The van der Waals surface area contributed by atoms with E-state index in [-0.39, 0.29) is 5.41 Å². The van der Waals surface area contributed by atoms with E-state index < -0.39 is 0 Å². The standard InChI is InChI=1S/C20H23ClN2O/c1-20(2,3)14-19-22-17-6-4-5-7-18(17)23(19)12-13-24-16-10-8-15(21)9-11-16/h4-11H,12-14H2,1-3H3. The zero-order chi connectivity index (χ0) is 17.2. The number of fused-ring (bicyclic) bond motifs is 1. The van der Waals surface area contributed by atoms with Gasteiger partial charge in [0.25, 0.3) is 0 Å². The van der Waals surface area contributed by atoms with Crippen molar-refractivity contribution in [3.05, 3.63) is 59.4 Å². The molecule has 0 radical (unpaired) electrons. The topological polar surface area (TPSA) is 27.1 Å². The Bertz CT molecular complexity index is 816. The van der Waals surface area contributed by atoms with E-state index in [0.717, 1.165) is 40.6 Å². The third-order valence-electron chi connectivity index (χ3n) is 3.82. The summed E-state index contributed by atoms with van der Waals surface area (Å²) in [4.78, 5) is 4.83. The highest BCUT2D eigenvalue weighted by Gasteiger charge is 2.18. The molecular weight excluding hydrogens is 320 g/mol. The molecule has 0 unspecified atom stereocenters. The summed E-state index contributed by atoms with van der Waals surface area (Å²) in [5.74, 6) is 1.95. The van der Waals surface area contributed by atoms with Gasteiger partial charge in [0, 0.05) is 11.4 Å². The molecule has 126 valence electrons. The summed E-state index contributed by atoms with van der Waals surface area (Å²) in [6.45, 7) is 8.08. The number of rotatable bonds is 5. The summed E-state index contributed by atoms with van der Waals surface area (Å²) in [6, 6.07) is 15.7. The molecule has 3 aromatic rings. The average Bonchev–Trinajstić information content (AvgIpc) is 2.85. The molecule has 1 heterocycles. The largest absolute Gasteiger partial charge is 0.492 e. The molecule has 24 heavy (non-hydrogen) atoms. The van der Waals surface area contributed by atoms with E-state index in [0.29, 0.717) is 6.61 Å². The number of imidazole rings is 1. The number of benzene rings is 2. The van der Waals surface area contributed by atoms with Crippen LogP contribution < -0.4 is 4.74 Å². The van der Waals surface area contributed by atoms with Gasteiger partial charge in [-0.3, -0.25) is 0 Å². The first-order chi connectivity index (χ1) is 11.4. The molecule has 3 nitrogen and oxygen atoms in total. The number of halogens is 1. The predicted octanol–water partition coefficient (Wildman–Crippen LogP) is 5.36. The van der Waals surface area contributed by atoms with Crippen LogP contribution in [0.15, 0.2) is 48.5 Å². The highest BCUT2D eigenvalue weighted by Crippen LogP contribution is 2.24. The fraction of sp³-hybridized carbons (Fsp3) is 0.350. The minimum atomic E-state index is 0.191.